The lowest BCUT2D eigenvalue weighted by Crippen LogP contribution is -2.34. The summed E-state index contributed by atoms with van der Waals surface area (Å²) >= 11 is 4.78. The Balaban J connectivity index is 1.91. The molecule has 2 aliphatic carbocycles. The van der Waals surface area contributed by atoms with Crippen molar-refractivity contribution in [1.82, 2.24) is 4.31 Å². The molecule has 1 heterocycles. The molecule has 4 nitrogen and oxygen atoms in total. The minimum atomic E-state index is -3.37. The summed E-state index contributed by atoms with van der Waals surface area (Å²) in [6.07, 6.45) is 4.32. The molecule has 0 saturated heterocycles. The number of halogens is 1. The van der Waals surface area contributed by atoms with Crippen molar-refractivity contribution in [2.24, 2.45) is 11.7 Å². The van der Waals surface area contributed by atoms with Gasteiger partial charge in [0.2, 0.25) is 10.0 Å². The first-order valence-corrected chi connectivity index (χ1v) is 9.57. The Morgan fingerprint density at radius 3 is 2.53 bits per heavy atom. The molecule has 0 atom stereocenters. The summed E-state index contributed by atoms with van der Waals surface area (Å²) < 4.78 is 28.0. The molecule has 2 saturated carbocycles. The Labute approximate surface area is 126 Å². The highest BCUT2D eigenvalue weighted by atomic mass is 79.9. The Morgan fingerprint density at radius 1 is 1.37 bits per heavy atom. The van der Waals surface area contributed by atoms with Gasteiger partial charge in [-0.15, -0.1) is 11.3 Å². The number of nitrogens with two attached hydrogens (primary N) is 1. The molecule has 7 heteroatoms. The van der Waals surface area contributed by atoms with Crippen LogP contribution in [0.1, 0.15) is 30.6 Å². The minimum Gasteiger partial charge on any atom is -0.326 e. The van der Waals surface area contributed by atoms with Crippen LogP contribution in [0.15, 0.2) is 14.7 Å². The topological polar surface area (TPSA) is 63.4 Å². The maximum absolute atomic E-state index is 12.8. The highest BCUT2D eigenvalue weighted by molar-refractivity contribution is 9.11. The second-order valence-electron chi connectivity index (χ2n) is 5.30. The number of hydrogen-bond donors (Lipinski definition) is 1. The fraction of sp³-hybridized carbons (Fsp3) is 0.667. The maximum Gasteiger partial charge on any atom is 0.245 e. The first kappa shape index (κ1) is 14.0. The number of sulfonamides is 1. The average Bonchev–Trinajstić information content (AvgIpc) is 3.24. The summed E-state index contributed by atoms with van der Waals surface area (Å²) in [6.45, 7) is 1.07. The highest BCUT2D eigenvalue weighted by Gasteiger charge is 2.42. The van der Waals surface area contributed by atoms with E-state index in [0.29, 0.717) is 27.7 Å². The zero-order valence-electron chi connectivity index (χ0n) is 10.5. The standard InChI is InChI=1S/C12H17BrN2O2S2/c13-12-11(5-10(6-14)18-12)19(16,17)15(9-3-4-9)7-8-1-2-8/h5,8-9H,1-4,6-7,14H2. The van der Waals surface area contributed by atoms with Crippen molar-refractivity contribution in [3.63, 3.8) is 0 Å². The van der Waals surface area contributed by atoms with Crippen LogP contribution in [0.3, 0.4) is 0 Å². The van der Waals surface area contributed by atoms with Gasteiger partial charge in [-0.1, -0.05) is 0 Å². The van der Waals surface area contributed by atoms with Crippen LogP contribution >= 0.6 is 27.3 Å². The molecule has 1 aromatic rings. The van der Waals surface area contributed by atoms with Gasteiger partial charge in [0.15, 0.2) is 0 Å². The van der Waals surface area contributed by atoms with Crippen LogP contribution < -0.4 is 5.73 Å². The number of rotatable bonds is 6. The molecule has 0 aliphatic heterocycles. The van der Waals surface area contributed by atoms with E-state index in [2.05, 4.69) is 15.9 Å². The largest absolute Gasteiger partial charge is 0.326 e. The number of thiophene rings is 1. The molecule has 0 aromatic carbocycles. The third-order valence-corrected chi connectivity index (χ3v) is 7.78. The smallest absolute Gasteiger partial charge is 0.245 e. The second kappa shape index (κ2) is 5.11. The fourth-order valence-corrected chi connectivity index (χ4v) is 6.44. The molecule has 0 radical (unpaired) electrons. The van der Waals surface area contributed by atoms with Crippen molar-refractivity contribution in [3.8, 4) is 0 Å². The lowest BCUT2D eigenvalue weighted by molar-refractivity contribution is 0.388. The van der Waals surface area contributed by atoms with Crippen LogP contribution in [0.2, 0.25) is 0 Å². The summed E-state index contributed by atoms with van der Waals surface area (Å²) in [5.41, 5.74) is 5.60. The van der Waals surface area contributed by atoms with Gasteiger partial charge in [-0.3, -0.25) is 0 Å². The third-order valence-electron chi connectivity index (χ3n) is 3.58. The van der Waals surface area contributed by atoms with E-state index in [1.54, 1.807) is 10.4 Å². The van der Waals surface area contributed by atoms with E-state index in [9.17, 15) is 8.42 Å². The van der Waals surface area contributed by atoms with Gasteiger partial charge in [-0.05, 0) is 53.6 Å². The van der Waals surface area contributed by atoms with Crippen LogP contribution in [-0.2, 0) is 16.6 Å². The molecule has 3 rings (SSSR count). The minimum absolute atomic E-state index is 0.221. The lowest BCUT2D eigenvalue weighted by Gasteiger charge is -2.21. The van der Waals surface area contributed by atoms with Crippen molar-refractivity contribution in [2.45, 2.75) is 43.2 Å². The Morgan fingerprint density at radius 2 is 2.05 bits per heavy atom. The predicted molar refractivity (Wildman–Crippen MR) is 79.5 cm³/mol. The molecule has 0 bridgehead atoms. The third kappa shape index (κ3) is 2.90. The van der Waals surface area contributed by atoms with E-state index in [1.807, 2.05) is 0 Å². The molecular formula is C12H17BrN2O2S2. The molecule has 0 amide bonds. The van der Waals surface area contributed by atoms with Crippen molar-refractivity contribution in [3.05, 3.63) is 14.7 Å². The highest BCUT2D eigenvalue weighted by Crippen LogP contribution is 2.41. The molecule has 2 aliphatic rings. The van der Waals surface area contributed by atoms with Crippen molar-refractivity contribution >= 4 is 37.3 Å². The monoisotopic (exact) mass is 364 g/mol. The Hall–Kier alpha value is 0.0500. The summed E-state index contributed by atoms with van der Waals surface area (Å²) in [5.74, 6) is 0.571. The van der Waals surface area contributed by atoms with Crippen LogP contribution in [-0.4, -0.2) is 25.3 Å². The zero-order valence-corrected chi connectivity index (χ0v) is 13.7. The molecule has 0 spiro atoms. The molecule has 19 heavy (non-hydrogen) atoms. The Kier molecular flexibility index (Phi) is 3.77. The van der Waals surface area contributed by atoms with Crippen molar-refractivity contribution < 1.29 is 8.42 Å². The van der Waals surface area contributed by atoms with Gasteiger partial charge in [0.05, 0.1) is 3.79 Å². The summed E-state index contributed by atoms with van der Waals surface area (Å²) in [5, 5.41) is 0. The van der Waals surface area contributed by atoms with E-state index >= 15 is 0 Å². The van der Waals surface area contributed by atoms with Crippen LogP contribution in [0.25, 0.3) is 0 Å². The number of nitrogens with zero attached hydrogens (tertiary/aromatic N) is 1. The molecule has 2 N–H and O–H groups in total. The van der Waals surface area contributed by atoms with E-state index in [4.69, 9.17) is 5.73 Å². The van der Waals surface area contributed by atoms with Crippen LogP contribution in [0.4, 0.5) is 0 Å². The van der Waals surface area contributed by atoms with Gasteiger partial charge in [0, 0.05) is 24.0 Å². The zero-order chi connectivity index (χ0) is 13.6. The SMILES string of the molecule is NCc1cc(S(=O)(=O)N(CC2CC2)C2CC2)c(Br)s1. The first-order valence-electron chi connectivity index (χ1n) is 6.52. The summed E-state index contributed by atoms with van der Waals surface area (Å²) in [4.78, 5) is 1.29. The predicted octanol–water partition coefficient (Wildman–Crippen LogP) is 2.53. The van der Waals surface area contributed by atoms with Gasteiger partial charge in [-0.2, -0.15) is 4.31 Å². The quantitative estimate of drug-likeness (QED) is 0.843. The lowest BCUT2D eigenvalue weighted by atomic mass is 10.4. The molecule has 2 fully saturated rings. The van der Waals surface area contributed by atoms with E-state index in [-0.39, 0.29) is 6.04 Å². The maximum atomic E-state index is 12.8. The van der Waals surface area contributed by atoms with Gasteiger partial charge in [0.25, 0.3) is 0 Å². The molecule has 0 unspecified atom stereocenters. The van der Waals surface area contributed by atoms with Gasteiger partial charge in [0.1, 0.15) is 4.90 Å². The van der Waals surface area contributed by atoms with Crippen LogP contribution in [0.5, 0.6) is 0 Å². The average molecular weight is 365 g/mol. The molecule has 1 aromatic heterocycles. The van der Waals surface area contributed by atoms with E-state index in [1.165, 1.54) is 11.3 Å². The normalized spacial score (nSPS) is 20.2. The summed E-state index contributed by atoms with van der Waals surface area (Å²) in [6, 6.07) is 1.94. The summed E-state index contributed by atoms with van der Waals surface area (Å²) in [7, 11) is -3.37. The van der Waals surface area contributed by atoms with Crippen LogP contribution in [0, 0.1) is 5.92 Å². The van der Waals surface area contributed by atoms with Crippen molar-refractivity contribution in [2.75, 3.05) is 6.54 Å². The fourth-order valence-electron chi connectivity index (χ4n) is 2.16. The van der Waals surface area contributed by atoms with Gasteiger partial charge >= 0.3 is 0 Å². The Bertz CT molecular complexity index is 577. The molecular weight excluding hydrogens is 348 g/mol. The van der Waals surface area contributed by atoms with Gasteiger partial charge < -0.3 is 5.73 Å². The van der Waals surface area contributed by atoms with Gasteiger partial charge in [-0.25, -0.2) is 8.42 Å². The van der Waals surface area contributed by atoms with E-state index < -0.39 is 10.0 Å². The number of hydrogen-bond acceptors (Lipinski definition) is 4. The van der Waals surface area contributed by atoms with E-state index in [0.717, 1.165) is 30.6 Å². The first-order chi connectivity index (χ1) is 9.02. The van der Waals surface area contributed by atoms with Crippen molar-refractivity contribution in [1.29, 1.82) is 0 Å². The molecule has 106 valence electrons. The second-order valence-corrected chi connectivity index (χ2v) is 9.62.